The highest BCUT2D eigenvalue weighted by Crippen LogP contribution is 2.27. The van der Waals surface area contributed by atoms with Crippen LogP contribution in [0.4, 0.5) is 5.69 Å². The van der Waals surface area contributed by atoms with Crippen LogP contribution in [0.2, 0.25) is 0 Å². The minimum Gasteiger partial charge on any atom is -0.377 e. The van der Waals surface area contributed by atoms with E-state index < -0.39 is 15.6 Å². The molecule has 0 atom stereocenters. The van der Waals surface area contributed by atoms with Gasteiger partial charge in [-0.25, -0.2) is 8.42 Å². The van der Waals surface area contributed by atoms with E-state index >= 15 is 0 Å². The fourth-order valence-corrected chi connectivity index (χ4v) is 4.15. The lowest BCUT2D eigenvalue weighted by Crippen LogP contribution is -2.50. The largest absolute Gasteiger partial charge is 0.377 e. The quantitative estimate of drug-likeness (QED) is 0.855. The summed E-state index contributed by atoms with van der Waals surface area (Å²) in [5.41, 5.74) is 1.53. The molecular weight excluding hydrogens is 288 g/mol. The summed E-state index contributed by atoms with van der Waals surface area (Å²) in [4.78, 5) is 2.27. The molecule has 1 saturated heterocycles. The van der Waals surface area contributed by atoms with Gasteiger partial charge in [-0.3, -0.25) is 0 Å². The van der Waals surface area contributed by atoms with Crippen molar-refractivity contribution in [2.45, 2.75) is 31.3 Å². The summed E-state index contributed by atoms with van der Waals surface area (Å²) in [6, 6.07) is 5.28. The van der Waals surface area contributed by atoms with E-state index in [-0.39, 0.29) is 0 Å². The third-order valence-corrected chi connectivity index (χ3v) is 5.53. The molecule has 0 N–H and O–H groups in total. The first-order chi connectivity index (χ1) is 9.63. The van der Waals surface area contributed by atoms with Crippen molar-refractivity contribution >= 4 is 15.7 Å². The van der Waals surface area contributed by atoms with Crippen molar-refractivity contribution in [1.82, 2.24) is 4.31 Å². The van der Waals surface area contributed by atoms with Gasteiger partial charge in [-0.15, -0.1) is 0 Å². The lowest BCUT2D eigenvalue weighted by atomic mass is 10.1. The lowest BCUT2D eigenvalue weighted by molar-refractivity contribution is -0.0640. The van der Waals surface area contributed by atoms with Gasteiger partial charge >= 0.3 is 0 Å². The Bertz CT molecular complexity index is 624. The van der Waals surface area contributed by atoms with Crippen LogP contribution in [0.1, 0.15) is 19.4 Å². The van der Waals surface area contributed by atoms with Crippen molar-refractivity contribution in [3.8, 4) is 0 Å². The van der Waals surface area contributed by atoms with E-state index in [4.69, 9.17) is 4.74 Å². The highest BCUT2D eigenvalue weighted by atomic mass is 32.2. The molecule has 5 nitrogen and oxygen atoms in total. The number of hydrogen-bond acceptors (Lipinski definition) is 4. The van der Waals surface area contributed by atoms with E-state index in [9.17, 15) is 8.42 Å². The van der Waals surface area contributed by atoms with Crippen molar-refractivity contribution in [2.75, 3.05) is 38.7 Å². The fourth-order valence-electron chi connectivity index (χ4n) is 2.56. The van der Waals surface area contributed by atoms with Gasteiger partial charge < -0.3 is 9.64 Å². The SMILES string of the molecule is Cc1ccc(S(=O)(=O)N2CCOC(C)(C)C2)cc1N(C)C. The highest BCUT2D eigenvalue weighted by Gasteiger charge is 2.35. The Morgan fingerprint density at radius 3 is 2.52 bits per heavy atom. The number of morpholine rings is 1. The topological polar surface area (TPSA) is 49.9 Å². The Balaban J connectivity index is 2.38. The number of ether oxygens (including phenoxy) is 1. The summed E-state index contributed by atoms with van der Waals surface area (Å²) in [6.45, 7) is 7.00. The van der Waals surface area contributed by atoms with Crippen LogP contribution >= 0.6 is 0 Å². The van der Waals surface area contributed by atoms with Gasteiger partial charge in [-0.2, -0.15) is 4.31 Å². The van der Waals surface area contributed by atoms with Gasteiger partial charge in [0.1, 0.15) is 0 Å². The zero-order valence-electron chi connectivity index (χ0n) is 13.4. The summed E-state index contributed by atoms with van der Waals surface area (Å²) >= 11 is 0. The average molecular weight is 312 g/mol. The molecule has 1 aliphatic rings. The number of aryl methyl sites for hydroxylation is 1. The maximum atomic E-state index is 12.8. The van der Waals surface area contributed by atoms with E-state index in [2.05, 4.69) is 0 Å². The minimum atomic E-state index is -3.48. The first-order valence-electron chi connectivity index (χ1n) is 7.05. The van der Waals surface area contributed by atoms with Crippen LogP contribution in [0.15, 0.2) is 23.1 Å². The molecule has 1 aromatic carbocycles. The number of rotatable bonds is 3. The zero-order valence-corrected chi connectivity index (χ0v) is 14.2. The molecule has 1 fully saturated rings. The van der Waals surface area contributed by atoms with E-state index in [1.165, 1.54) is 4.31 Å². The summed E-state index contributed by atoms with van der Waals surface area (Å²) in [5.74, 6) is 0. The Labute approximate surface area is 127 Å². The third kappa shape index (κ3) is 3.39. The monoisotopic (exact) mass is 312 g/mol. The smallest absolute Gasteiger partial charge is 0.243 e. The molecule has 0 bridgehead atoms. The van der Waals surface area contributed by atoms with Crippen molar-refractivity contribution in [1.29, 1.82) is 0 Å². The molecular formula is C15H24N2O3S. The molecule has 1 heterocycles. The van der Waals surface area contributed by atoms with Crippen LogP contribution in [0.5, 0.6) is 0 Å². The van der Waals surface area contributed by atoms with Crippen LogP contribution in [-0.4, -0.2) is 52.1 Å². The van der Waals surface area contributed by atoms with Crippen LogP contribution in [0.25, 0.3) is 0 Å². The molecule has 0 saturated carbocycles. The molecule has 0 aromatic heterocycles. The van der Waals surface area contributed by atoms with Crippen molar-refractivity contribution in [2.24, 2.45) is 0 Å². The molecule has 21 heavy (non-hydrogen) atoms. The minimum absolute atomic E-state index is 0.342. The van der Waals surface area contributed by atoms with Crippen LogP contribution < -0.4 is 4.90 Å². The lowest BCUT2D eigenvalue weighted by Gasteiger charge is -2.37. The van der Waals surface area contributed by atoms with Gasteiger partial charge in [-0.1, -0.05) is 6.07 Å². The Hall–Kier alpha value is -1.11. The molecule has 118 valence electrons. The second-order valence-corrected chi connectivity index (χ2v) is 8.23. The summed E-state index contributed by atoms with van der Waals surface area (Å²) in [7, 11) is 0.347. The van der Waals surface area contributed by atoms with Crippen molar-refractivity contribution in [3.63, 3.8) is 0 Å². The molecule has 0 spiro atoms. The van der Waals surface area contributed by atoms with Crippen molar-refractivity contribution < 1.29 is 13.2 Å². The number of anilines is 1. The van der Waals surface area contributed by atoms with E-state index in [0.29, 0.717) is 24.6 Å². The maximum Gasteiger partial charge on any atom is 0.243 e. The van der Waals surface area contributed by atoms with Gasteiger partial charge in [0.2, 0.25) is 10.0 Å². The first-order valence-corrected chi connectivity index (χ1v) is 8.49. The Morgan fingerprint density at radius 1 is 1.29 bits per heavy atom. The van der Waals surface area contributed by atoms with Gasteiger partial charge in [0, 0.05) is 32.9 Å². The normalized spacial score (nSPS) is 19.5. The number of hydrogen-bond donors (Lipinski definition) is 0. The van der Waals surface area contributed by atoms with E-state index in [0.717, 1.165) is 11.3 Å². The summed E-state index contributed by atoms with van der Waals surface area (Å²) < 4.78 is 32.7. The Morgan fingerprint density at radius 2 is 1.95 bits per heavy atom. The Kier molecular flexibility index (Phi) is 4.33. The van der Waals surface area contributed by atoms with Crippen LogP contribution in [0.3, 0.4) is 0 Å². The number of benzene rings is 1. The molecule has 0 amide bonds. The summed E-state index contributed by atoms with van der Waals surface area (Å²) in [5, 5.41) is 0. The molecule has 1 aromatic rings. The van der Waals surface area contributed by atoms with Gasteiger partial charge in [0.25, 0.3) is 0 Å². The molecule has 0 unspecified atom stereocenters. The molecule has 1 aliphatic heterocycles. The third-order valence-electron chi connectivity index (χ3n) is 3.69. The molecule has 6 heteroatoms. The maximum absolute atomic E-state index is 12.8. The highest BCUT2D eigenvalue weighted by molar-refractivity contribution is 7.89. The fraction of sp³-hybridized carbons (Fsp3) is 0.600. The first kappa shape index (κ1) is 16.3. The number of sulfonamides is 1. The summed E-state index contributed by atoms with van der Waals surface area (Å²) in [6.07, 6.45) is 0. The van der Waals surface area contributed by atoms with Gasteiger partial charge in [0.05, 0.1) is 17.1 Å². The van der Waals surface area contributed by atoms with E-state index in [1.807, 2.05) is 45.8 Å². The van der Waals surface area contributed by atoms with Crippen LogP contribution in [-0.2, 0) is 14.8 Å². The van der Waals surface area contributed by atoms with E-state index in [1.54, 1.807) is 12.1 Å². The molecule has 0 aliphatic carbocycles. The van der Waals surface area contributed by atoms with Crippen LogP contribution in [0, 0.1) is 6.92 Å². The zero-order chi connectivity index (χ0) is 15.8. The predicted molar refractivity (Wildman–Crippen MR) is 84.3 cm³/mol. The van der Waals surface area contributed by atoms with Crippen molar-refractivity contribution in [3.05, 3.63) is 23.8 Å². The molecule has 0 radical (unpaired) electrons. The second-order valence-electron chi connectivity index (χ2n) is 6.29. The predicted octanol–water partition coefficient (Wildman–Crippen LogP) is 1.86. The van der Waals surface area contributed by atoms with Gasteiger partial charge in [-0.05, 0) is 38.5 Å². The van der Waals surface area contributed by atoms with Gasteiger partial charge in [0.15, 0.2) is 0 Å². The number of nitrogens with zero attached hydrogens (tertiary/aromatic N) is 2. The average Bonchev–Trinajstić information content (AvgIpc) is 2.37. The standard InChI is InChI=1S/C15H24N2O3S/c1-12-6-7-13(10-14(12)16(4)5)21(18,19)17-8-9-20-15(2,3)11-17/h6-7,10H,8-9,11H2,1-5H3. The second kappa shape index (κ2) is 5.59. The molecule has 2 rings (SSSR count).